The summed E-state index contributed by atoms with van der Waals surface area (Å²) in [5.41, 5.74) is 17.2. The Bertz CT molecular complexity index is 2680. The van der Waals surface area contributed by atoms with Crippen molar-refractivity contribution in [3.05, 3.63) is 204 Å². The number of rotatable bonds is 5. The van der Waals surface area contributed by atoms with Gasteiger partial charge in [0.15, 0.2) is 0 Å². The van der Waals surface area contributed by atoms with Crippen molar-refractivity contribution in [3.8, 4) is 22.3 Å². The molecule has 2 nitrogen and oxygen atoms in total. The Morgan fingerprint density at radius 3 is 1.72 bits per heavy atom. The molecule has 54 heavy (non-hydrogen) atoms. The van der Waals surface area contributed by atoms with Gasteiger partial charge < -0.3 is 9.80 Å². The first kappa shape index (κ1) is 32.3. The Balaban J connectivity index is 1.25. The Kier molecular flexibility index (Phi) is 7.22. The van der Waals surface area contributed by atoms with Crippen molar-refractivity contribution in [2.24, 2.45) is 0 Å². The van der Waals surface area contributed by atoms with E-state index in [1.165, 1.54) is 72.3 Å². The van der Waals surface area contributed by atoms with E-state index < -0.39 is 0 Å². The Labute approximate surface area is 318 Å². The van der Waals surface area contributed by atoms with Crippen LogP contribution in [0.5, 0.6) is 0 Å². The highest BCUT2D eigenvalue weighted by Gasteiger charge is 2.39. The molecule has 0 fully saturated rings. The molecule has 0 spiro atoms. The van der Waals surface area contributed by atoms with Crippen molar-refractivity contribution in [2.75, 3.05) is 9.80 Å². The summed E-state index contributed by atoms with van der Waals surface area (Å²) in [4.78, 5) is 4.94. The maximum absolute atomic E-state index is 2.57. The summed E-state index contributed by atoms with van der Waals surface area (Å²) in [5.74, 6) is 0. The van der Waals surface area contributed by atoms with Crippen molar-refractivity contribution in [2.45, 2.75) is 38.5 Å². The molecule has 0 bridgehead atoms. The van der Waals surface area contributed by atoms with Gasteiger partial charge in [0.1, 0.15) is 0 Å². The SMILES string of the molecule is CC1(C)c2ccccc2-c2ccc(-c3ccc4ccccc4c3N3c4ccccc4C(C)(C)c4ccc(N(c5ccccc5)c5ccccc5)cc43)cc21. The first-order valence-electron chi connectivity index (χ1n) is 19.0. The number of hydrogen-bond donors (Lipinski definition) is 0. The fraction of sp³-hybridized carbons (Fsp3) is 0.115. The average Bonchev–Trinajstić information content (AvgIpc) is 3.44. The molecule has 1 aliphatic heterocycles. The van der Waals surface area contributed by atoms with E-state index in [0.717, 1.165) is 17.1 Å². The van der Waals surface area contributed by atoms with Crippen LogP contribution in [0, 0.1) is 0 Å². The number of hydrogen-bond acceptors (Lipinski definition) is 2. The van der Waals surface area contributed by atoms with Gasteiger partial charge in [-0.1, -0.05) is 161 Å². The lowest BCUT2D eigenvalue weighted by atomic mass is 9.73. The zero-order chi connectivity index (χ0) is 36.6. The second kappa shape index (κ2) is 12.1. The minimum absolute atomic E-state index is 0.0967. The van der Waals surface area contributed by atoms with Crippen LogP contribution in [-0.2, 0) is 10.8 Å². The maximum Gasteiger partial charge on any atom is 0.0618 e. The molecule has 0 unspecified atom stereocenters. The lowest BCUT2D eigenvalue weighted by Gasteiger charge is -2.43. The molecule has 0 atom stereocenters. The third-order valence-electron chi connectivity index (χ3n) is 12.0. The van der Waals surface area contributed by atoms with Gasteiger partial charge in [-0.2, -0.15) is 0 Å². The van der Waals surface area contributed by atoms with Gasteiger partial charge in [0, 0.05) is 38.8 Å². The van der Waals surface area contributed by atoms with Gasteiger partial charge in [0.05, 0.1) is 17.1 Å². The van der Waals surface area contributed by atoms with Crippen LogP contribution in [-0.4, -0.2) is 0 Å². The van der Waals surface area contributed by atoms with Crippen LogP contribution >= 0.6 is 0 Å². The van der Waals surface area contributed by atoms with E-state index in [1.807, 2.05) is 0 Å². The third kappa shape index (κ3) is 4.80. The molecule has 0 aromatic heterocycles. The van der Waals surface area contributed by atoms with Gasteiger partial charge in [-0.25, -0.2) is 0 Å². The van der Waals surface area contributed by atoms with Crippen LogP contribution in [0.4, 0.5) is 34.1 Å². The van der Waals surface area contributed by atoms with E-state index in [4.69, 9.17) is 0 Å². The number of nitrogens with zero attached hydrogens (tertiary/aromatic N) is 2. The Morgan fingerprint density at radius 1 is 0.389 bits per heavy atom. The first-order valence-corrected chi connectivity index (χ1v) is 19.0. The van der Waals surface area contributed by atoms with Crippen LogP contribution < -0.4 is 9.80 Å². The lowest BCUT2D eigenvalue weighted by molar-refractivity contribution is 0.632. The molecule has 0 saturated heterocycles. The molecule has 0 saturated carbocycles. The molecular formula is C52H42N2. The fourth-order valence-corrected chi connectivity index (χ4v) is 9.29. The smallest absolute Gasteiger partial charge is 0.0618 e. The quantitative estimate of drug-likeness (QED) is 0.177. The summed E-state index contributed by atoms with van der Waals surface area (Å²) in [6.07, 6.45) is 0. The summed E-state index contributed by atoms with van der Waals surface area (Å²) < 4.78 is 0. The van der Waals surface area contributed by atoms with Crippen LogP contribution in [0.3, 0.4) is 0 Å². The maximum atomic E-state index is 2.57. The number of fused-ring (bicyclic) bond motifs is 6. The molecule has 0 amide bonds. The molecule has 0 radical (unpaired) electrons. The summed E-state index contributed by atoms with van der Waals surface area (Å²) >= 11 is 0. The molecule has 260 valence electrons. The van der Waals surface area contributed by atoms with Crippen molar-refractivity contribution < 1.29 is 0 Å². The molecule has 2 aliphatic rings. The van der Waals surface area contributed by atoms with Crippen molar-refractivity contribution in [3.63, 3.8) is 0 Å². The van der Waals surface area contributed by atoms with E-state index in [9.17, 15) is 0 Å². The summed E-state index contributed by atoms with van der Waals surface area (Å²) in [6.45, 7) is 9.49. The van der Waals surface area contributed by atoms with E-state index in [1.54, 1.807) is 0 Å². The minimum atomic E-state index is -0.223. The van der Waals surface area contributed by atoms with Crippen molar-refractivity contribution in [1.82, 2.24) is 0 Å². The summed E-state index contributed by atoms with van der Waals surface area (Å²) in [7, 11) is 0. The van der Waals surface area contributed by atoms with E-state index in [-0.39, 0.29) is 10.8 Å². The summed E-state index contributed by atoms with van der Waals surface area (Å²) in [5, 5.41) is 2.45. The second-order valence-corrected chi connectivity index (χ2v) is 15.8. The lowest BCUT2D eigenvalue weighted by Crippen LogP contribution is -2.31. The Hall–Kier alpha value is -6.38. The van der Waals surface area contributed by atoms with E-state index in [0.29, 0.717) is 0 Å². The average molecular weight is 695 g/mol. The van der Waals surface area contributed by atoms with Crippen molar-refractivity contribution in [1.29, 1.82) is 0 Å². The highest BCUT2D eigenvalue weighted by molar-refractivity contribution is 6.08. The van der Waals surface area contributed by atoms with Gasteiger partial charge >= 0.3 is 0 Å². The largest absolute Gasteiger partial charge is 0.310 e. The molecule has 8 aromatic rings. The van der Waals surface area contributed by atoms with Crippen LogP contribution in [0.15, 0.2) is 182 Å². The molecule has 1 aliphatic carbocycles. The Morgan fingerprint density at radius 2 is 0.963 bits per heavy atom. The zero-order valence-corrected chi connectivity index (χ0v) is 31.2. The van der Waals surface area contributed by atoms with Gasteiger partial charge in [0.2, 0.25) is 0 Å². The predicted molar refractivity (Wildman–Crippen MR) is 228 cm³/mol. The highest BCUT2D eigenvalue weighted by Crippen LogP contribution is 2.57. The first-order chi connectivity index (χ1) is 26.3. The van der Waals surface area contributed by atoms with Gasteiger partial charge in [0.25, 0.3) is 0 Å². The molecule has 10 rings (SSSR count). The van der Waals surface area contributed by atoms with E-state index in [2.05, 4.69) is 219 Å². The van der Waals surface area contributed by atoms with Crippen LogP contribution in [0.2, 0.25) is 0 Å². The monoisotopic (exact) mass is 694 g/mol. The van der Waals surface area contributed by atoms with Gasteiger partial charge in [-0.15, -0.1) is 0 Å². The highest BCUT2D eigenvalue weighted by atomic mass is 15.2. The van der Waals surface area contributed by atoms with E-state index >= 15 is 0 Å². The zero-order valence-electron chi connectivity index (χ0n) is 31.2. The molecule has 1 heterocycles. The molecule has 8 aromatic carbocycles. The van der Waals surface area contributed by atoms with Crippen LogP contribution in [0.1, 0.15) is 49.9 Å². The van der Waals surface area contributed by atoms with Gasteiger partial charge in [-0.05, 0) is 92.9 Å². The molecule has 2 heteroatoms. The third-order valence-corrected chi connectivity index (χ3v) is 12.0. The fourth-order valence-electron chi connectivity index (χ4n) is 9.29. The molecule has 0 N–H and O–H groups in total. The standard InChI is InChI=1S/C52H42N2/c1-51(2)44-24-14-13-23-42(44)43-31-28-36(33-47(43)51)41-30-27-35-17-11-12-22-40(35)50(41)54-48-26-16-15-25-45(48)52(3,4)46-32-29-39(34-49(46)54)53(37-18-7-5-8-19-37)38-20-9-6-10-21-38/h5-34H,1-4H3. The second-order valence-electron chi connectivity index (χ2n) is 15.8. The number of anilines is 6. The number of para-hydroxylation sites is 3. The topological polar surface area (TPSA) is 6.48 Å². The predicted octanol–water partition coefficient (Wildman–Crippen LogP) is 14.4. The normalized spacial score (nSPS) is 14.6. The number of benzene rings is 8. The van der Waals surface area contributed by atoms with Gasteiger partial charge in [-0.3, -0.25) is 0 Å². The van der Waals surface area contributed by atoms with Crippen LogP contribution in [0.25, 0.3) is 33.0 Å². The minimum Gasteiger partial charge on any atom is -0.310 e. The van der Waals surface area contributed by atoms with Crippen molar-refractivity contribution >= 4 is 44.9 Å². The summed E-state index contributed by atoms with van der Waals surface area (Å²) in [6, 6.07) is 67.1. The molecular weight excluding hydrogens is 653 g/mol.